The van der Waals surface area contributed by atoms with Crippen LogP contribution in [0.1, 0.15) is 25.5 Å². The maximum atomic E-state index is 12.4. The number of hydrazine groups is 1. The van der Waals surface area contributed by atoms with Gasteiger partial charge >= 0.3 is 6.18 Å². The Morgan fingerprint density at radius 2 is 2.22 bits per heavy atom. The molecule has 0 radical (unpaired) electrons. The minimum Gasteiger partial charge on any atom is -0.303 e. The standard InChI is InChI=1S/C14H20F3N5O/c1-2-6-21-7-3-11(4-8-21)18-19-13(23)10-22-9-5-12(20-22)14(15,16)17/h3,5,9,18H,2,4,6-8,10H2,1H3,(H,19,23). The molecule has 0 aliphatic carbocycles. The molecule has 0 fully saturated rings. The summed E-state index contributed by atoms with van der Waals surface area (Å²) in [7, 11) is 0. The molecular weight excluding hydrogens is 311 g/mol. The number of alkyl halides is 3. The number of nitrogens with zero attached hydrogens (tertiary/aromatic N) is 3. The number of nitrogens with one attached hydrogen (secondary N) is 2. The number of amides is 1. The van der Waals surface area contributed by atoms with E-state index in [-0.39, 0.29) is 6.54 Å². The van der Waals surface area contributed by atoms with Crippen LogP contribution >= 0.6 is 0 Å². The SMILES string of the molecule is CCCN1CC=C(NNC(=O)Cn2ccc(C(F)(F)F)n2)CC1. The van der Waals surface area contributed by atoms with Gasteiger partial charge in [0.05, 0.1) is 0 Å². The minimum atomic E-state index is -4.50. The van der Waals surface area contributed by atoms with Gasteiger partial charge in [-0.05, 0) is 25.1 Å². The van der Waals surface area contributed by atoms with Crippen molar-refractivity contribution in [3.63, 3.8) is 0 Å². The smallest absolute Gasteiger partial charge is 0.303 e. The molecule has 0 bridgehead atoms. The van der Waals surface area contributed by atoms with Crippen LogP contribution in [0.25, 0.3) is 0 Å². The number of halogens is 3. The maximum Gasteiger partial charge on any atom is 0.435 e. The summed E-state index contributed by atoms with van der Waals surface area (Å²) in [6.45, 7) is 4.61. The maximum absolute atomic E-state index is 12.4. The van der Waals surface area contributed by atoms with Gasteiger partial charge in [0.1, 0.15) is 6.54 Å². The first-order chi connectivity index (χ1) is 10.9. The third-order valence-corrected chi connectivity index (χ3v) is 3.43. The molecule has 1 amide bonds. The zero-order valence-electron chi connectivity index (χ0n) is 12.9. The van der Waals surface area contributed by atoms with Gasteiger partial charge in [-0.1, -0.05) is 6.92 Å². The average Bonchev–Trinajstić information content (AvgIpc) is 2.95. The highest BCUT2D eigenvalue weighted by Crippen LogP contribution is 2.27. The molecule has 0 saturated carbocycles. The van der Waals surface area contributed by atoms with Crippen molar-refractivity contribution in [3.05, 3.63) is 29.7 Å². The summed E-state index contributed by atoms with van der Waals surface area (Å²) < 4.78 is 38.2. The minimum absolute atomic E-state index is 0.279. The Balaban J connectivity index is 1.76. The molecule has 1 aliphatic rings. The van der Waals surface area contributed by atoms with Crippen LogP contribution in [0.2, 0.25) is 0 Å². The molecule has 9 heteroatoms. The highest BCUT2D eigenvalue weighted by Gasteiger charge is 2.33. The summed E-state index contributed by atoms with van der Waals surface area (Å²) in [5.41, 5.74) is 5.19. The average molecular weight is 331 g/mol. The van der Waals surface area contributed by atoms with E-state index in [0.29, 0.717) is 0 Å². The van der Waals surface area contributed by atoms with Crippen LogP contribution in [0.5, 0.6) is 0 Å². The highest BCUT2D eigenvalue weighted by atomic mass is 19.4. The van der Waals surface area contributed by atoms with Crippen molar-refractivity contribution < 1.29 is 18.0 Å². The Labute approximate surface area is 132 Å². The molecule has 0 atom stereocenters. The second-order valence-electron chi connectivity index (χ2n) is 5.35. The summed E-state index contributed by atoms with van der Waals surface area (Å²) in [5, 5.41) is 3.33. The normalized spacial score (nSPS) is 16.1. The summed E-state index contributed by atoms with van der Waals surface area (Å²) in [4.78, 5) is 14.0. The van der Waals surface area contributed by atoms with E-state index < -0.39 is 17.8 Å². The Bertz CT molecular complexity index is 567. The fraction of sp³-hybridized carbons (Fsp3) is 0.571. The van der Waals surface area contributed by atoms with Gasteiger partial charge in [-0.15, -0.1) is 0 Å². The Hall–Kier alpha value is -2.03. The molecule has 2 heterocycles. The molecule has 128 valence electrons. The van der Waals surface area contributed by atoms with E-state index in [4.69, 9.17) is 0 Å². The lowest BCUT2D eigenvalue weighted by molar-refractivity contribution is -0.141. The predicted molar refractivity (Wildman–Crippen MR) is 77.9 cm³/mol. The van der Waals surface area contributed by atoms with E-state index >= 15 is 0 Å². The first-order valence-electron chi connectivity index (χ1n) is 7.45. The van der Waals surface area contributed by atoms with Crippen LogP contribution < -0.4 is 10.9 Å². The third kappa shape index (κ3) is 5.27. The molecule has 0 spiro atoms. The van der Waals surface area contributed by atoms with Crippen molar-refractivity contribution in [2.75, 3.05) is 19.6 Å². The summed E-state index contributed by atoms with van der Waals surface area (Å²) in [6.07, 6.45) is 0.509. The first-order valence-corrected chi connectivity index (χ1v) is 7.45. The third-order valence-electron chi connectivity index (χ3n) is 3.43. The molecule has 23 heavy (non-hydrogen) atoms. The lowest BCUT2D eigenvalue weighted by Gasteiger charge is -2.26. The fourth-order valence-electron chi connectivity index (χ4n) is 2.28. The molecule has 0 unspecified atom stereocenters. The first kappa shape index (κ1) is 17.3. The zero-order valence-corrected chi connectivity index (χ0v) is 12.9. The molecule has 0 aromatic carbocycles. The van der Waals surface area contributed by atoms with E-state index in [0.717, 1.165) is 55.1 Å². The van der Waals surface area contributed by atoms with Crippen molar-refractivity contribution >= 4 is 5.91 Å². The Morgan fingerprint density at radius 1 is 1.43 bits per heavy atom. The van der Waals surface area contributed by atoms with Crippen molar-refractivity contribution in [3.8, 4) is 0 Å². The second kappa shape index (κ2) is 7.49. The van der Waals surface area contributed by atoms with Crippen LogP contribution in [0, 0.1) is 0 Å². The number of hydrogen-bond donors (Lipinski definition) is 2. The zero-order chi connectivity index (χ0) is 16.9. The van der Waals surface area contributed by atoms with Gasteiger partial charge in [-0.25, -0.2) is 0 Å². The molecule has 6 nitrogen and oxygen atoms in total. The monoisotopic (exact) mass is 331 g/mol. The van der Waals surface area contributed by atoms with Gasteiger partial charge in [0.25, 0.3) is 5.91 Å². The van der Waals surface area contributed by atoms with Crippen molar-refractivity contribution in [1.29, 1.82) is 0 Å². The van der Waals surface area contributed by atoms with Crippen LogP contribution in [0.4, 0.5) is 13.2 Å². The molecule has 2 N–H and O–H groups in total. The van der Waals surface area contributed by atoms with E-state index in [1.807, 2.05) is 6.08 Å². The van der Waals surface area contributed by atoms with Crippen LogP contribution in [0.3, 0.4) is 0 Å². The van der Waals surface area contributed by atoms with Gasteiger partial charge in [-0.2, -0.15) is 18.3 Å². The Morgan fingerprint density at radius 3 is 2.78 bits per heavy atom. The lowest BCUT2D eigenvalue weighted by atomic mass is 10.2. The van der Waals surface area contributed by atoms with Crippen LogP contribution in [-0.2, 0) is 17.5 Å². The number of hydrogen-bond acceptors (Lipinski definition) is 4. The Kier molecular flexibility index (Phi) is 5.64. The van der Waals surface area contributed by atoms with Gasteiger partial charge in [0.2, 0.25) is 0 Å². The number of carbonyl (C=O) groups excluding carboxylic acids is 1. The predicted octanol–water partition coefficient (Wildman–Crippen LogP) is 1.52. The molecule has 1 aromatic rings. The van der Waals surface area contributed by atoms with Gasteiger partial charge in [0.15, 0.2) is 5.69 Å². The van der Waals surface area contributed by atoms with Gasteiger partial charge in [0, 0.05) is 31.4 Å². The van der Waals surface area contributed by atoms with Gasteiger partial charge in [-0.3, -0.25) is 19.8 Å². The fourth-order valence-corrected chi connectivity index (χ4v) is 2.28. The molecule has 2 rings (SSSR count). The van der Waals surface area contributed by atoms with Crippen molar-refractivity contribution in [1.82, 2.24) is 25.5 Å². The summed E-state index contributed by atoms with van der Waals surface area (Å²) in [6, 6.07) is 0.840. The summed E-state index contributed by atoms with van der Waals surface area (Å²) >= 11 is 0. The topological polar surface area (TPSA) is 62.2 Å². The largest absolute Gasteiger partial charge is 0.435 e. The number of aromatic nitrogens is 2. The molecule has 0 saturated heterocycles. The summed E-state index contributed by atoms with van der Waals surface area (Å²) in [5.74, 6) is -0.460. The quantitative estimate of drug-likeness (QED) is 0.776. The molecule has 1 aromatic heterocycles. The van der Waals surface area contributed by atoms with Crippen LogP contribution in [0.15, 0.2) is 24.0 Å². The van der Waals surface area contributed by atoms with E-state index in [1.54, 1.807) is 0 Å². The molecular formula is C14H20F3N5O. The van der Waals surface area contributed by atoms with E-state index in [2.05, 4.69) is 27.8 Å². The van der Waals surface area contributed by atoms with E-state index in [1.165, 1.54) is 0 Å². The lowest BCUT2D eigenvalue weighted by Crippen LogP contribution is -2.41. The van der Waals surface area contributed by atoms with Crippen molar-refractivity contribution in [2.24, 2.45) is 0 Å². The van der Waals surface area contributed by atoms with Gasteiger partial charge < -0.3 is 5.43 Å². The van der Waals surface area contributed by atoms with Crippen molar-refractivity contribution in [2.45, 2.75) is 32.5 Å². The van der Waals surface area contributed by atoms with Crippen LogP contribution in [-0.4, -0.2) is 40.2 Å². The van der Waals surface area contributed by atoms with E-state index in [9.17, 15) is 18.0 Å². The second-order valence-corrected chi connectivity index (χ2v) is 5.35. The number of rotatable bonds is 6. The number of carbonyl (C=O) groups is 1. The highest BCUT2D eigenvalue weighted by molar-refractivity contribution is 5.75. The molecule has 1 aliphatic heterocycles.